The largest absolute Gasteiger partial charge is 0.497 e. The van der Waals surface area contributed by atoms with Crippen LogP contribution >= 0.6 is 0 Å². The van der Waals surface area contributed by atoms with Gasteiger partial charge in [-0.05, 0) is 35.7 Å². The first-order valence-electron chi connectivity index (χ1n) is 5.58. The highest BCUT2D eigenvalue weighted by Gasteiger charge is 2.04. The molecule has 0 spiro atoms. The molecule has 0 fully saturated rings. The van der Waals surface area contributed by atoms with Crippen molar-refractivity contribution in [2.24, 2.45) is 0 Å². The molecule has 2 aromatic carbocycles. The first kappa shape index (κ1) is 10.5. The SMILES string of the molecule is COc1ccc2c(cnc3cc(C#N)ccc32)c1. The second kappa shape index (κ2) is 4.01. The Bertz CT molecular complexity index is 787. The Morgan fingerprint density at radius 2 is 1.94 bits per heavy atom. The topological polar surface area (TPSA) is 45.9 Å². The lowest BCUT2D eigenvalue weighted by molar-refractivity contribution is 0.415. The van der Waals surface area contributed by atoms with Crippen LogP contribution in [0.3, 0.4) is 0 Å². The fraction of sp³-hybridized carbons (Fsp3) is 0.0667. The second-order valence-corrected chi connectivity index (χ2v) is 4.06. The van der Waals surface area contributed by atoms with Crippen molar-refractivity contribution in [3.05, 3.63) is 48.2 Å². The van der Waals surface area contributed by atoms with Crippen LogP contribution in [-0.4, -0.2) is 12.1 Å². The van der Waals surface area contributed by atoms with Gasteiger partial charge in [-0.1, -0.05) is 6.07 Å². The molecule has 1 aromatic heterocycles. The van der Waals surface area contributed by atoms with Crippen LogP contribution in [0.15, 0.2) is 42.6 Å². The van der Waals surface area contributed by atoms with Gasteiger partial charge in [0.05, 0.1) is 24.3 Å². The fourth-order valence-corrected chi connectivity index (χ4v) is 2.09. The van der Waals surface area contributed by atoms with E-state index >= 15 is 0 Å². The highest BCUT2D eigenvalue weighted by Crippen LogP contribution is 2.27. The van der Waals surface area contributed by atoms with Gasteiger partial charge in [0.2, 0.25) is 0 Å². The van der Waals surface area contributed by atoms with Crippen molar-refractivity contribution in [2.45, 2.75) is 0 Å². The van der Waals surface area contributed by atoms with Crippen molar-refractivity contribution >= 4 is 21.7 Å². The summed E-state index contributed by atoms with van der Waals surface area (Å²) < 4.78 is 5.20. The number of hydrogen-bond donors (Lipinski definition) is 0. The summed E-state index contributed by atoms with van der Waals surface area (Å²) in [5.41, 5.74) is 1.47. The van der Waals surface area contributed by atoms with Crippen molar-refractivity contribution in [1.82, 2.24) is 4.98 Å². The maximum atomic E-state index is 8.88. The smallest absolute Gasteiger partial charge is 0.119 e. The van der Waals surface area contributed by atoms with Crippen LogP contribution < -0.4 is 4.74 Å². The summed E-state index contributed by atoms with van der Waals surface area (Å²) in [7, 11) is 1.65. The van der Waals surface area contributed by atoms with E-state index in [0.717, 1.165) is 27.4 Å². The number of rotatable bonds is 1. The Kier molecular flexibility index (Phi) is 2.35. The predicted molar refractivity (Wildman–Crippen MR) is 70.5 cm³/mol. The third kappa shape index (κ3) is 1.56. The summed E-state index contributed by atoms with van der Waals surface area (Å²) in [6, 6.07) is 13.6. The molecule has 3 nitrogen and oxygen atoms in total. The standard InChI is InChI=1S/C15H10N2O/c1-18-12-3-5-13-11(7-12)9-17-15-6-10(8-16)2-4-14(13)15/h2-7,9H,1H3. The fourth-order valence-electron chi connectivity index (χ4n) is 2.09. The van der Waals surface area contributed by atoms with Crippen LogP contribution in [0, 0.1) is 11.3 Å². The van der Waals surface area contributed by atoms with Crippen LogP contribution in [0.1, 0.15) is 5.56 Å². The van der Waals surface area contributed by atoms with Gasteiger partial charge in [-0.3, -0.25) is 4.98 Å². The number of aromatic nitrogens is 1. The molecule has 3 rings (SSSR count). The number of ether oxygens (including phenoxy) is 1. The second-order valence-electron chi connectivity index (χ2n) is 4.06. The molecule has 0 amide bonds. The Morgan fingerprint density at radius 3 is 2.72 bits per heavy atom. The van der Waals surface area contributed by atoms with E-state index in [2.05, 4.69) is 11.1 Å². The van der Waals surface area contributed by atoms with E-state index in [1.807, 2.05) is 30.3 Å². The first-order chi connectivity index (χ1) is 8.81. The van der Waals surface area contributed by atoms with Crippen LogP contribution in [0.5, 0.6) is 5.75 Å². The van der Waals surface area contributed by atoms with Gasteiger partial charge in [0, 0.05) is 17.0 Å². The molecule has 0 unspecified atom stereocenters. The van der Waals surface area contributed by atoms with E-state index in [1.165, 1.54) is 0 Å². The molecule has 0 radical (unpaired) electrons. The maximum Gasteiger partial charge on any atom is 0.119 e. The average Bonchev–Trinajstić information content (AvgIpc) is 2.45. The van der Waals surface area contributed by atoms with E-state index in [9.17, 15) is 0 Å². The summed E-state index contributed by atoms with van der Waals surface area (Å²) in [5.74, 6) is 0.817. The average molecular weight is 234 g/mol. The van der Waals surface area contributed by atoms with E-state index < -0.39 is 0 Å². The number of fused-ring (bicyclic) bond motifs is 3. The van der Waals surface area contributed by atoms with Crippen LogP contribution in [0.25, 0.3) is 21.7 Å². The van der Waals surface area contributed by atoms with Gasteiger partial charge < -0.3 is 4.74 Å². The van der Waals surface area contributed by atoms with Gasteiger partial charge in [-0.25, -0.2) is 0 Å². The minimum Gasteiger partial charge on any atom is -0.497 e. The van der Waals surface area contributed by atoms with Gasteiger partial charge in [0.1, 0.15) is 5.75 Å². The van der Waals surface area contributed by atoms with Crippen LogP contribution in [0.2, 0.25) is 0 Å². The van der Waals surface area contributed by atoms with Crippen molar-refractivity contribution < 1.29 is 4.74 Å². The lowest BCUT2D eigenvalue weighted by atomic mass is 10.0. The number of benzene rings is 2. The number of hydrogen-bond acceptors (Lipinski definition) is 3. The quantitative estimate of drug-likeness (QED) is 0.607. The van der Waals surface area contributed by atoms with E-state index in [1.54, 1.807) is 19.4 Å². The van der Waals surface area contributed by atoms with Crippen molar-refractivity contribution in [3.63, 3.8) is 0 Å². The number of nitrogens with zero attached hydrogens (tertiary/aromatic N) is 2. The summed E-state index contributed by atoms with van der Waals surface area (Å²) in [6.07, 6.45) is 1.81. The Labute approximate surface area is 104 Å². The highest BCUT2D eigenvalue weighted by molar-refractivity contribution is 6.05. The summed E-state index contributed by atoms with van der Waals surface area (Å²) in [4.78, 5) is 4.39. The molecule has 0 N–H and O–H groups in total. The Balaban J connectivity index is 2.37. The monoisotopic (exact) mass is 234 g/mol. The van der Waals surface area contributed by atoms with E-state index in [-0.39, 0.29) is 0 Å². The van der Waals surface area contributed by atoms with Crippen LogP contribution in [0.4, 0.5) is 0 Å². The molecule has 18 heavy (non-hydrogen) atoms. The molecule has 0 saturated heterocycles. The lowest BCUT2D eigenvalue weighted by Gasteiger charge is -2.05. The molecule has 0 saturated carbocycles. The van der Waals surface area contributed by atoms with Gasteiger partial charge >= 0.3 is 0 Å². The molecule has 0 atom stereocenters. The van der Waals surface area contributed by atoms with Crippen molar-refractivity contribution in [2.75, 3.05) is 7.11 Å². The van der Waals surface area contributed by atoms with Crippen molar-refractivity contribution in [1.29, 1.82) is 5.26 Å². The minimum atomic E-state index is 0.628. The highest BCUT2D eigenvalue weighted by atomic mass is 16.5. The third-order valence-corrected chi connectivity index (χ3v) is 3.02. The zero-order valence-electron chi connectivity index (χ0n) is 9.84. The predicted octanol–water partition coefficient (Wildman–Crippen LogP) is 3.27. The van der Waals surface area contributed by atoms with Gasteiger partial charge in [0.25, 0.3) is 0 Å². The molecular weight excluding hydrogens is 224 g/mol. The molecule has 1 heterocycles. The molecule has 3 heteroatoms. The number of pyridine rings is 1. The van der Waals surface area contributed by atoms with E-state index in [4.69, 9.17) is 10.00 Å². The zero-order chi connectivity index (χ0) is 12.5. The molecule has 86 valence electrons. The maximum absolute atomic E-state index is 8.88. The summed E-state index contributed by atoms with van der Waals surface area (Å²) >= 11 is 0. The van der Waals surface area contributed by atoms with Gasteiger partial charge in [-0.2, -0.15) is 5.26 Å². The molecule has 0 aliphatic rings. The van der Waals surface area contributed by atoms with Crippen LogP contribution in [-0.2, 0) is 0 Å². The normalized spacial score (nSPS) is 10.4. The van der Waals surface area contributed by atoms with E-state index in [0.29, 0.717) is 5.56 Å². The third-order valence-electron chi connectivity index (χ3n) is 3.02. The first-order valence-corrected chi connectivity index (χ1v) is 5.58. The zero-order valence-corrected chi connectivity index (χ0v) is 9.84. The van der Waals surface area contributed by atoms with Gasteiger partial charge in [-0.15, -0.1) is 0 Å². The Hall–Kier alpha value is -2.60. The summed E-state index contributed by atoms with van der Waals surface area (Å²) in [6.45, 7) is 0. The summed E-state index contributed by atoms with van der Waals surface area (Å²) in [5, 5.41) is 12.1. The molecular formula is C15H10N2O. The Morgan fingerprint density at radius 1 is 1.11 bits per heavy atom. The number of nitriles is 1. The van der Waals surface area contributed by atoms with Gasteiger partial charge in [0.15, 0.2) is 0 Å². The lowest BCUT2D eigenvalue weighted by Crippen LogP contribution is -1.86. The molecule has 3 aromatic rings. The molecule has 0 aliphatic carbocycles. The minimum absolute atomic E-state index is 0.628. The van der Waals surface area contributed by atoms with Crippen molar-refractivity contribution in [3.8, 4) is 11.8 Å². The number of methoxy groups -OCH3 is 1. The molecule has 0 bridgehead atoms. The molecule has 0 aliphatic heterocycles.